The van der Waals surface area contributed by atoms with Crippen LogP contribution in [0.5, 0.6) is 5.75 Å². The first-order valence-electron chi connectivity index (χ1n) is 6.46. The Morgan fingerprint density at radius 3 is 2.85 bits per heavy atom. The van der Waals surface area contributed by atoms with Gasteiger partial charge in [-0.3, -0.25) is 4.98 Å². The Hall–Kier alpha value is -1.91. The zero-order chi connectivity index (χ0) is 13.9. The van der Waals surface area contributed by atoms with E-state index in [4.69, 9.17) is 4.74 Å². The van der Waals surface area contributed by atoms with E-state index in [1.165, 1.54) is 4.88 Å². The minimum absolute atomic E-state index is 0.140. The van der Waals surface area contributed by atoms with Crippen LogP contribution in [0.15, 0.2) is 48.0 Å². The van der Waals surface area contributed by atoms with Crippen molar-refractivity contribution in [3.05, 3.63) is 58.4 Å². The molecule has 3 nitrogen and oxygen atoms in total. The quantitative estimate of drug-likeness (QED) is 0.794. The van der Waals surface area contributed by atoms with E-state index in [0.717, 1.165) is 22.2 Å². The van der Waals surface area contributed by atoms with Gasteiger partial charge in [-0.1, -0.05) is 18.2 Å². The van der Waals surface area contributed by atoms with E-state index in [1.54, 1.807) is 18.4 Å². The number of pyridine rings is 1. The van der Waals surface area contributed by atoms with E-state index in [1.807, 2.05) is 36.8 Å². The molecule has 0 saturated heterocycles. The maximum absolute atomic E-state index is 5.26. The van der Waals surface area contributed by atoms with Gasteiger partial charge in [0.1, 0.15) is 5.75 Å². The molecular weight excluding hydrogens is 268 g/mol. The Bertz CT molecular complexity index is 723. The van der Waals surface area contributed by atoms with Gasteiger partial charge in [-0.25, -0.2) is 0 Å². The molecule has 3 rings (SSSR count). The molecular formula is C16H16N2OS. The number of fused-ring (bicyclic) bond motifs is 1. The average molecular weight is 284 g/mol. The lowest BCUT2D eigenvalue weighted by molar-refractivity contribution is 0.416. The third-order valence-corrected chi connectivity index (χ3v) is 4.33. The number of nitrogens with one attached hydrogen (secondary N) is 1. The van der Waals surface area contributed by atoms with Gasteiger partial charge in [0.25, 0.3) is 0 Å². The minimum Gasteiger partial charge on any atom is -0.496 e. The minimum atomic E-state index is 0.140. The lowest BCUT2D eigenvalue weighted by Crippen LogP contribution is -2.16. The summed E-state index contributed by atoms with van der Waals surface area (Å²) in [5.41, 5.74) is 2.19. The largest absolute Gasteiger partial charge is 0.496 e. The molecule has 4 heteroatoms. The predicted molar refractivity (Wildman–Crippen MR) is 83.5 cm³/mol. The molecule has 0 aliphatic heterocycles. The smallest absolute Gasteiger partial charge is 0.129 e. The van der Waals surface area contributed by atoms with Crippen molar-refractivity contribution in [3.63, 3.8) is 0 Å². The second kappa shape index (κ2) is 5.61. The van der Waals surface area contributed by atoms with Crippen LogP contribution in [0.2, 0.25) is 0 Å². The molecule has 0 fully saturated rings. The summed E-state index contributed by atoms with van der Waals surface area (Å²) in [7, 11) is 3.66. The van der Waals surface area contributed by atoms with Gasteiger partial charge in [-0.15, -0.1) is 11.3 Å². The average Bonchev–Trinajstić information content (AvgIpc) is 2.97. The number of hydrogen-bond donors (Lipinski definition) is 1. The topological polar surface area (TPSA) is 34.2 Å². The van der Waals surface area contributed by atoms with Gasteiger partial charge in [-0.05, 0) is 30.8 Å². The lowest BCUT2D eigenvalue weighted by atomic mass is 10.1. The molecule has 102 valence electrons. The van der Waals surface area contributed by atoms with Gasteiger partial charge in [0.15, 0.2) is 0 Å². The highest BCUT2D eigenvalue weighted by atomic mass is 32.1. The van der Waals surface area contributed by atoms with Crippen molar-refractivity contribution in [1.82, 2.24) is 10.3 Å². The highest BCUT2D eigenvalue weighted by molar-refractivity contribution is 7.10. The number of thiophene rings is 1. The Kier molecular flexibility index (Phi) is 3.67. The van der Waals surface area contributed by atoms with Crippen molar-refractivity contribution >= 4 is 22.2 Å². The molecule has 20 heavy (non-hydrogen) atoms. The van der Waals surface area contributed by atoms with Crippen LogP contribution in [0.1, 0.15) is 16.5 Å². The van der Waals surface area contributed by atoms with E-state index < -0.39 is 0 Å². The van der Waals surface area contributed by atoms with E-state index in [9.17, 15) is 0 Å². The van der Waals surface area contributed by atoms with E-state index >= 15 is 0 Å². The summed E-state index contributed by atoms with van der Waals surface area (Å²) in [6, 6.07) is 12.6. The zero-order valence-corrected chi connectivity index (χ0v) is 12.3. The maximum Gasteiger partial charge on any atom is 0.129 e. The van der Waals surface area contributed by atoms with Crippen molar-refractivity contribution in [2.45, 2.75) is 6.04 Å². The van der Waals surface area contributed by atoms with Crippen molar-refractivity contribution in [1.29, 1.82) is 0 Å². The second-order valence-electron chi connectivity index (χ2n) is 4.57. The molecule has 1 atom stereocenters. The molecule has 0 aliphatic carbocycles. The number of aromatic nitrogens is 1. The number of para-hydroxylation sites is 1. The number of benzene rings is 1. The third kappa shape index (κ3) is 2.40. The van der Waals surface area contributed by atoms with Crippen LogP contribution in [0, 0.1) is 0 Å². The van der Waals surface area contributed by atoms with Crippen LogP contribution in [0.25, 0.3) is 10.9 Å². The van der Waals surface area contributed by atoms with Crippen LogP contribution in [0.4, 0.5) is 0 Å². The number of hydrogen-bond acceptors (Lipinski definition) is 4. The summed E-state index contributed by atoms with van der Waals surface area (Å²) in [6.45, 7) is 0. The standard InChI is InChI=1S/C16H16N2OS/c1-17-16(15-8-13(19-2)10-20-15)12-7-11-5-3-4-6-14(11)18-9-12/h3-10,16-17H,1-2H3. The number of ether oxygens (including phenoxy) is 1. The van der Waals surface area contributed by atoms with Gasteiger partial charge >= 0.3 is 0 Å². The van der Waals surface area contributed by atoms with Gasteiger partial charge in [0, 0.05) is 21.8 Å². The highest BCUT2D eigenvalue weighted by Gasteiger charge is 2.15. The lowest BCUT2D eigenvalue weighted by Gasteiger charge is -2.15. The summed E-state index contributed by atoms with van der Waals surface area (Å²) in [5.74, 6) is 0.902. The summed E-state index contributed by atoms with van der Waals surface area (Å²) >= 11 is 1.69. The Balaban J connectivity index is 2.02. The second-order valence-corrected chi connectivity index (χ2v) is 5.51. The number of nitrogens with zero attached hydrogens (tertiary/aromatic N) is 1. The Morgan fingerprint density at radius 2 is 2.10 bits per heavy atom. The summed E-state index contributed by atoms with van der Waals surface area (Å²) in [4.78, 5) is 5.76. The molecule has 3 aromatic rings. The monoisotopic (exact) mass is 284 g/mol. The van der Waals surface area contributed by atoms with Gasteiger partial charge in [0.05, 0.1) is 18.7 Å². The van der Waals surface area contributed by atoms with E-state index in [2.05, 4.69) is 28.5 Å². The fourth-order valence-corrected chi connectivity index (χ4v) is 3.30. The Morgan fingerprint density at radius 1 is 1.25 bits per heavy atom. The van der Waals surface area contributed by atoms with Crippen LogP contribution in [-0.2, 0) is 0 Å². The maximum atomic E-state index is 5.26. The molecule has 2 heterocycles. The first-order valence-corrected chi connectivity index (χ1v) is 7.34. The van der Waals surface area contributed by atoms with Gasteiger partial charge in [-0.2, -0.15) is 0 Å². The van der Waals surface area contributed by atoms with Gasteiger partial charge in [0.2, 0.25) is 0 Å². The van der Waals surface area contributed by atoms with Crippen molar-refractivity contribution < 1.29 is 4.74 Å². The van der Waals surface area contributed by atoms with Crippen LogP contribution >= 0.6 is 11.3 Å². The Labute approximate surface area is 122 Å². The van der Waals surface area contributed by atoms with E-state index in [0.29, 0.717) is 0 Å². The predicted octanol–water partition coefficient (Wildman–Crippen LogP) is 3.61. The number of rotatable bonds is 4. The molecule has 0 amide bonds. The molecule has 0 spiro atoms. The molecule has 0 aliphatic rings. The fraction of sp³-hybridized carbons (Fsp3) is 0.188. The summed E-state index contributed by atoms with van der Waals surface area (Å²) in [6.07, 6.45) is 1.94. The molecule has 1 unspecified atom stereocenters. The zero-order valence-electron chi connectivity index (χ0n) is 11.5. The SMILES string of the molecule is CNC(c1cnc2ccccc2c1)c1cc(OC)cs1. The molecule has 0 saturated carbocycles. The molecule has 0 bridgehead atoms. The molecule has 0 radical (unpaired) electrons. The van der Waals surface area contributed by atoms with Crippen molar-refractivity contribution in [2.24, 2.45) is 0 Å². The third-order valence-electron chi connectivity index (χ3n) is 3.35. The molecule has 1 N–H and O–H groups in total. The summed E-state index contributed by atoms with van der Waals surface area (Å²) < 4.78 is 5.26. The van der Waals surface area contributed by atoms with Crippen LogP contribution < -0.4 is 10.1 Å². The van der Waals surface area contributed by atoms with Crippen molar-refractivity contribution in [2.75, 3.05) is 14.2 Å². The van der Waals surface area contributed by atoms with E-state index in [-0.39, 0.29) is 6.04 Å². The fourth-order valence-electron chi connectivity index (χ4n) is 2.31. The summed E-state index contributed by atoms with van der Waals surface area (Å²) in [5, 5.41) is 6.53. The van der Waals surface area contributed by atoms with Gasteiger partial charge < -0.3 is 10.1 Å². The van der Waals surface area contributed by atoms with Crippen LogP contribution in [0.3, 0.4) is 0 Å². The molecule has 2 aromatic heterocycles. The van der Waals surface area contributed by atoms with Crippen LogP contribution in [-0.4, -0.2) is 19.1 Å². The first-order chi connectivity index (χ1) is 9.81. The van der Waals surface area contributed by atoms with Crippen molar-refractivity contribution in [3.8, 4) is 5.75 Å². The molecule has 1 aromatic carbocycles. The number of methoxy groups -OCH3 is 1. The first kappa shape index (κ1) is 13.1. The highest BCUT2D eigenvalue weighted by Crippen LogP contribution is 2.31. The normalized spacial score (nSPS) is 12.5.